The lowest BCUT2D eigenvalue weighted by molar-refractivity contribution is 0.435. The molecule has 0 N–H and O–H groups in total. The first-order valence-electron chi connectivity index (χ1n) is 8.02. The van der Waals surface area contributed by atoms with Gasteiger partial charge in [-0.05, 0) is 37.0 Å². The predicted octanol–water partition coefficient (Wildman–Crippen LogP) is 3.82. The van der Waals surface area contributed by atoms with Crippen LogP contribution in [0.25, 0.3) is 16.9 Å². The summed E-state index contributed by atoms with van der Waals surface area (Å²) in [5.74, 6) is 1.82. The molecule has 5 nitrogen and oxygen atoms in total. The van der Waals surface area contributed by atoms with Crippen LogP contribution in [0.1, 0.15) is 19.8 Å². The molecular weight excluding hydrogens is 329 g/mol. The van der Waals surface area contributed by atoms with Crippen molar-refractivity contribution in [3.05, 3.63) is 41.6 Å². The third-order valence-electron chi connectivity index (χ3n) is 4.58. The summed E-state index contributed by atoms with van der Waals surface area (Å²) in [5.41, 5.74) is 1.59. The fourth-order valence-electron chi connectivity index (χ4n) is 3.19. The number of rotatable bonds is 2. The van der Waals surface area contributed by atoms with Gasteiger partial charge in [-0.15, -0.1) is 0 Å². The molecule has 0 bridgehead atoms. The Morgan fingerprint density at radius 3 is 2.71 bits per heavy atom. The zero-order valence-electron chi connectivity index (χ0n) is 13.3. The van der Waals surface area contributed by atoms with Crippen molar-refractivity contribution >= 4 is 23.2 Å². The van der Waals surface area contributed by atoms with Gasteiger partial charge in [0.1, 0.15) is 18.0 Å². The Kier molecular flexibility index (Phi) is 3.84. The molecule has 0 unspecified atom stereocenters. The van der Waals surface area contributed by atoms with Crippen LogP contribution in [0.2, 0.25) is 5.02 Å². The monoisotopic (exact) mass is 345 g/mol. The topological polar surface area (TPSA) is 46.3 Å². The van der Waals surface area contributed by atoms with Gasteiger partial charge in [0.05, 0.1) is 5.02 Å². The predicted molar refractivity (Wildman–Crippen MR) is 91.8 cm³/mol. The molecule has 0 amide bonds. The number of aromatic nitrogens is 4. The van der Waals surface area contributed by atoms with Gasteiger partial charge in [0.2, 0.25) is 0 Å². The maximum absolute atomic E-state index is 13.4. The first-order chi connectivity index (χ1) is 11.6. The molecule has 3 aromatic rings. The molecule has 0 spiro atoms. The van der Waals surface area contributed by atoms with Crippen molar-refractivity contribution < 1.29 is 4.39 Å². The molecule has 7 heteroatoms. The van der Waals surface area contributed by atoms with E-state index in [4.69, 9.17) is 11.6 Å². The van der Waals surface area contributed by atoms with E-state index in [0.717, 1.165) is 42.9 Å². The van der Waals surface area contributed by atoms with Crippen LogP contribution >= 0.6 is 11.6 Å². The zero-order valence-corrected chi connectivity index (χ0v) is 14.0. The molecule has 0 aliphatic carbocycles. The van der Waals surface area contributed by atoms with Crippen LogP contribution in [-0.4, -0.2) is 32.7 Å². The first-order valence-corrected chi connectivity index (χ1v) is 8.40. The lowest BCUT2D eigenvalue weighted by atomic mass is 9.98. The maximum atomic E-state index is 13.4. The van der Waals surface area contributed by atoms with Gasteiger partial charge in [0.15, 0.2) is 0 Å². The smallest absolute Gasteiger partial charge is 0.254 e. The summed E-state index contributed by atoms with van der Waals surface area (Å²) in [6.07, 6.45) is 5.48. The number of halogens is 2. The van der Waals surface area contributed by atoms with Gasteiger partial charge in [0, 0.05) is 30.4 Å². The van der Waals surface area contributed by atoms with Crippen molar-refractivity contribution in [2.75, 3.05) is 18.0 Å². The van der Waals surface area contributed by atoms with E-state index in [0.29, 0.717) is 16.7 Å². The molecule has 2 aromatic heterocycles. The molecule has 0 radical (unpaired) electrons. The van der Waals surface area contributed by atoms with E-state index < -0.39 is 0 Å². The Hall–Kier alpha value is -2.21. The van der Waals surface area contributed by atoms with Crippen molar-refractivity contribution in [3.63, 3.8) is 0 Å². The van der Waals surface area contributed by atoms with Crippen molar-refractivity contribution in [2.45, 2.75) is 19.8 Å². The van der Waals surface area contributed by atoms with E-state index in [-0.39, 0.29) is 5.82 Å². The minimum Gasteiger partial charge on any atom is -0.356 e. The molecule has 1 fully saturated rings. The minimum atomic E-state index is -0.355. The standard InChI is InChI=1S/C17H17ClFN5/c1-11-4-6-23(7-5-11)16-14(9-20-17-21-10-22-24(16)17)13-3-2-12(19)8-15(13)18/h2-3,8-11H,4-7H2,1H3. The number of hydrogen-bond acceptors (Lipinski definition) is 4. The highest BCUT2D eigenvalue weighted by atomic mass is 35.5. The highest BCUT2D eigenvalue weighted by molar-refractivity contribution is 6.33. The molecule has 1 aromatic carbocycles. The first kappa shape index (κ1) is 15.3. The average molecular weight is 346 g/mol. The fraction of sp³-hybridized carbons (Fsp3) is 0.353. The largest absolute Gasteiger partial charge is 0.356 e. The molecule has 0 atom stereocenters. The summed E-state index contributed by atoms with van der Waals surface area (Å²) < 4.78 is 15.2. The molecule has 1 aliphatic heterocycles. The molecule has 1 saturated heterocycles. The summed E-state index contributed by atoms with van der Waals surface area (Å²) in [6.45, 7) is 4.14. The fourth-order valence-corrected chi connectivity index (χ4v) is 3.46. The molecular formula is C17H17ClFN5. The highest BCUT2D eigenvalue weighted by Gasteiger charge is 2.23. The van der Waals surface area contributed by atoms with Crippen LogP contribution in [0.4, 0.5) is 10.2 Å². The molecule has 124 valence electrons. The third kappa shape index (κ3) is 2.60. The Morgan fingerprint density at radius 1 is 1.17 bits per heavy atom. The number of nitrogens with zero attached hydrogens (tertiary/aromatic N) is 5. The van der Waals surface area contributed by atoms with Crippen molar-refractivity contribution in [3.8, 4) is 11.1 Å². The lowest BCUT2D eigenvalue weighted by Crippen LogP contribution is -2.34. The zero-order chi connectivity index (χ0) is 16.7. The van der Waals surface area contributed by atoms with Crippen LogP contribution in [0.5, 0.6) is 0 Å². The second-order valence-corrected chi connectivity index (χ2v) is 6.67. The van der Waals surface area contributed by atoms with E-state index in [9.17, 15) is 4.39 Å². The van der Waals surface area contributed by atoms with Gasteiger partial charge in [-0.3, -0.25) is 0 Å². The lowest BCUT2D eigenvalue weighted by Gasteiger charge is -2.33. The van der Waals surface area contributed by atoms with Crippen LogP contribution in [0, 0.1) is 11.7 Å². The second-order valence-electron chi connectivity index (χ2n) is 6.26. The summed E-state index contributed by atoms with van der Waals surface area (Å²) in [7, 11) is 0. The Balaban J connectivity index is 1.90. The Morgan fingerprint density at radius 2 is 1.96 bits per heavy atom. The van der Waals surface area contributed by atoms with Crippen molar-refractivity contribution in [1.29, 1.82) is 0 Å². The van der Waals surface area contributed by atoms with Gasteiger partial charge in [0.25, 0.3) is 5.78 Å². The minimum absolute atomic E-state index is 0.355. The van der Waals surface area contributed by atoms with Crippen LogP contribution in [0.3, 0.4) is 0 Å². The molecule has 0 saturated carbocycles. The van der Waals surface area contributed by atoms with Crippen LogP contribution < -0.4 is 4.90 Å². The van der Waals surface area contributed by atoms with E-state index >= 15 is 0 Å². The van der Waals surface area contributed by atoms with Gasteiger partial charge < -0.3 is 4.90 Å². The number of hydrogen-bond donors (Lipinski definition) is 0. The quantitative estimate of drug-likeness (QED) is 0.708. The average Bonchev–Trinajstić information content (AvgIpc) is 3.04. The highest BCUT2D eigenvalue weighted by Crippen LogP contribution is 2.36. The summed E-state index contributed by atoms with van der Waals surface area (Å²) in [4.78, 5) is 10.8. The summed E-state index contributed by atoms with van der Waals surface area (Å²) in [5, 5.41) is 4.69. The van der Waals surface area contributed by atoms with Gasteiger partial charge in [-0.1, -0.05) is 18.5 Å². The van der Waals surface area contributed by atoms with E-state index in [1.54, 1.807) is 16.8 Å². The number of piperidine rings is 1. The summed E-state index contributed by atoms with van der Waals surface area (Å²) in [6, 6.07) is 4.42. The number of fused-ring (bicyclic) bond motifs is 1. The number of benzene rings is 1. The van der Waals surface area contributed by atoms with E-state index in [1.807, 2.05) is 0 Å². The van der Waals surface area contributed by atoms with Crippen molar-refractivity contribution in [2.24, 2.45) is 5.92 Å². The van der Waals surface area contributed by atoms with E-state index in [2.05, 4.69) is 26.9 Å². The van der Waals surface area contributed by atoms with Gasteiger partial charge in [-0.25, -0.2) is 9.37 Å². The maximum Gasteiger partial charge on any atom is 0.254 e. The molecule has 24 heavy (non-hydrogen) atoms. The second kappa shape index (κ2) is 6.02. The Bertz CT molecular complexity index is 886. The molecule has 4 rings (SSSR count). The SMILES string of the molecule is CC1CCN(c2c(-c3ccc(F)cc3Cl)cnc3ncnn23)CC1. The van der Waals surface area contributed by atoms with Crippen molar-refractivity contribution in [1.82, 2.24) is 19.6 Å². The number of anilines is 1. The van der Waals surface area contributed by atoms with Crippen LogP contribution in [-0.2, 0) is 0 Å². The Labute approximate surface area is 144 Å². The van der Waals surface area contributed by atoms with E-state index in [1.165, 1.54) is 18.5 Å². The van der Waals surface area contributed by atoms with Gasteiger partial charge >= 0.3 is 0 Å². The molecule has 3 heterocycles. The normalized spacial score (nSPS) is 16.0. The third-order valence-corrected chi connectivity index (χ3v) is 4.90. The molecule has 1 aliphatic rings. The van der Waals surface area contributed by atoms with Crippen LogP contribution in [0.15, 0.2) is 30.7 Å². The van der Waals surface area contributed by atoms with Gasteiger partial charge in [-0.2, -0.15) is 14.6 Å². The summed E-state index contributed by atoms with van der Waals surface area (Å²) >= 11 is 6.29.